The molecule has 0 radical (unpaired) electrons. The van der Waals surface area contributed by atoms with Crippen LogP contribution in [-0.4, -0.2) is 17.6 Å². The predicted molar refractivity (Wildman–Crippen MR) is 80.7 cm³/mol. The van der Waals surface area contributed by atoms with Gasteiger partial charge in [0.15, 0.2) is 0 Å². The van der Waals surface area contributed by atoms with Crippen LogP contribution < -0.4 is 5.32 Å². The van der Waals surface area contributed by atoms with Gasteiger partial charge in [-0.1, -0.05) is 25.8 Å². The molecule has 104 valence electrons. The molecule has 1 aromatic carbocycles. The molecule has 2 N–H and O–H groups in total. The van der Waals surface area contributed by atoms with Crippen molar-refractivity contribution < 1.29 is 9.90 Å². The lowest BCUT2D eigenvalue weighted by atomic mass is 9.83. The van der Waals surface area contributed by atoms with Gasteiger partial charge in [-0.25, -0.2) is 4.79 Å². The van der Waals surface area contributed by atoms with E-state index in [9.17, 15) is 9.90 Å². The van der Waals surface area contributed by atoms with Gasteiger partial charge in [-0.05, 0) is 52.7 Å². The second kappa shape index (κ2) is 6.42. The third kappa shape index (κ3) is 3.72. The Kier molecular flexibility index (Phi) is 4.86. The number of halogens is 1. The van der Waals surface area contributed by atoms with Crippen molar-refractivity contribution in [1.29, 1.82) is 0 Å². The molecule has 1 aromatic rings. The number of hydrogen-bond donors (Lipinski definition) is 2. The molecular weight excluding hydrogens is 306 g/mol. The van der Waals surface area contributed by atoms with Gasteiger partial charge < -0.3 is 10.4 Å². The second-order valence-electron chi connectivity index (χ2n) is 5.47. The first-order valence-electron chi connectivity index (χ1n) is 6.83. The van der Waals surface area contributed by atoms with Crippen LogP contribution in [0.25, 0.3) is 0 Å². The normalized spacial score (nSPS) is 23.1. The van der Waals surface area contributed by atoms with Crippen LogP contribution in [0.3, 0.4) is 0 Å². The number of carbonyl (C=O) groups is 1. The molecule has 0 aromatic heterocycles. The van der Waals surface area contributed by atoms with Gasteiger partial charge in [-0.3, -0.25) is 0 Å². The number of rotatable bonds is 4. The lowest BCUT2D eigenvalue weighted by Gasteiger charge is -2.26. The van der Waals surface area contributed by atoms with Crippen molar-refractivity contribution in [1.82, 2.24) is 0 Å². The lowest BCUT2D eigenvalue weighted by molar-refractivity contribution is 0.0697. The number of hydrogen-bond acceptors (Lipinski definition) is 2. The molecule has 0 saturated heterocycles. The maximum Gasteiger partial charge on any atom is 0.338 e. The van der Waals surface area contributed by atoms with Crippen molar-refractivity contribution in [2.24, 2.45) is 11.8 Å². The molecule has 1 aliphatic carbocycles. The monoisotopic (exact) mass is 325 g/mol. The number of aromatic carboxylic acids is 1. The van der Waals surface area contributed by atoms with Crippen molar-refractivity contribution in [3.05, 3.63) is 28.2 Å². The third-order valence-electron chi connectivity index (χ3n) is 3.94. The molecule has 0 amide bonds. The average molecular weight is 326 g/mol. The topological polar surface area (TPSA) is 49.3 Å². The van der Waals surface area contributed by atoms with Gasteiger partial charge in [0.1, 0.15) is 0 Å². The van der Waals surface area contributed by atoms with E-state index in [2.05, 4.69) is 28.2 Å². The fourth-order valence-corrected chi connectivity index (χ4v) is 3.21. The molecule has 0 atom stereocenters. The molecule has 0 unspecified atom stereocenters. The van der Waals surface area contributed by atoms with Crippen LogP contribution in [-0.2, 0) is 0 Å². The average Bonchev–Trinajstić information content (AvgIpc) is 2.37. The smallest absolute Gasteiger partial charge is 0.338 e. The standard InChI is InChI=1S/C15H20BrNO2/c1-10-5-7-11(8-6-10)9-17-13-4-2-3-12(16)14(13)15(18)19/h2-4,10-11,17H,5-9H2,1H3,(H,18,19). The first-order valence-corrected chi connectivity index (χ1v) is 7.63. The molecule has 3 nitrogen and oxygen atoms in total. The van der Waals surface area contributed by atoms with E-state index >= 15 is 0 Å². The van der Waals surface area contributed by atoms with Gasteiger partial charge in [-0.2, -0.15) is 0 Å². The molecular formula is C15H20BrNO2. The van der Waals surface area contributed by atoms with Gasteiger partial charge in [0, 0.05) is 16.7 Å². The lowest BCUT2D eigenvalue weighted by Crippen LogP contribution is -2.21. The molecule has 2 rings (SSSR count). The summed E-state index contributed by atoms with van der Waals surface area (Å²) < 4.78 is 0.627. The summed E-state index contributed by atoms with van der Waals surface area (Å²) >= 11 is 3.30. The zero-order valence-electron chi connectivity index (χ0n) is 11.2. The highest BCUT2D eigenvalue weighted by molar-refractivity contribution is 9.10. The number of carboxylic acids is 1. The summed E-state index contributed by atoms with van der Waals surface area (Å²) in [5.74, 6) is 0.612. The maximum absolute atomic E-state index is 11.3. The molecule has 1 fully saturated rings. The van der Waals surface area contributed by atoms with Crippen LogP contribution in [0.4, 0.5) is 5.69 Å². The van der Waals surface area contributed by atoms with Crippen molar-refractivity contribution in [3.8, 4) is 0 Å². The van der Waals surface area contributed by atoms with Gasteiger partial charge >= 0.3 is 5.97 Å². The van der Waals surface area contributed by atoms with Crippen molar-refractivity contribution >= 4 is 27.6 Å². The Morgan fingerprint density at radius 3 is 2.68 bits per heavy atom. The summed E-state index contributed by atoms with van der Waals surface area (Å²) in [6.07, 6.45) is 5.06. The van der Waals surface area contributed by atoms with Crippen molar-refractivity contribution in [2.75, 3.05) is 11.9 Å². The number of carboxylic acid groups (broad SMARTS) is 1. The van der Waals surface area contributed by atoms with E-state index in [1.807, 2.05) is 12.1 Å². The van der Waals surface area contributed by atoms with E-state index in [0.717, 1.165) is 12.5 Å². The molecule has 1 aliphatic rings. The SMILES string of the molecule is CC1CCC(CNc2cccc(Br)c2C(=O)O)CC1. The largest absolute Gasteiger partial charge is 0.478 e. The Morgan fingerprint density at radius 1 is 1.37 bits per heavy atom. The zero-order valence-corrected chi connectivity index (χ0v) is 12.7. The van der Waals surface area contributed by atoms with E-state index in [1.165, 1.54) is 25.7 Å². The molecule has 0 bridgehead atoms. The highest BCUT2D eigenvalue weighted by Gasteiger charge is 2.19. The van der Waals surface area contributed by atoms with Gasteiger partial charge in [0.25, 0.3) is 0 Å². The summed E-state index contributed by atoms with van der Waals surface area (Å²) in [7, 11) is 0. The van der Waals surface area contributed by atoms with E-state index in [-0.39, 0.29) is 0 Å². The van der Waals surface area contributed by atoms with Crippen LogP contribution >= 0.6 is 15.9 Å². The fraction of sp³-hybridized carbons (Fsp3) is 0.533. The Hall–Kier alpha value is -1.03. The maximum atomic E-state index is 11.3. The van der Waals surface area contributed by atoms with Gasteiger partial charge in [-0.15, -0.1) is 0 Å². The minimum absolute atomic E-state index is 0.326. The third-order valence-corrected chi connectivity index (χ3v) is 4.60. The van der Waals surface area contributed by atoms with Crippen LogP contribution in [0.1, 0.15) is 43.0 Å². The predicted octanol–water partition coefficient (Wildman–Crippen LogP) is 4.39. The molecule has 4 heteroatoms. The molecule has 19 heavy (non-hydrogen) atoms. The molecule has 1 saturated carbocycles. The summed E-state index contributed by atoms with van der Waals surface area (Å²) in [6, 6.07) is 5.46. The first kappa shape index (κ1) is 14.4. The fourth-order valence-electron chi connectivity index (χ4n) is 2.68. The number of anilines is 1. The zero-order chi connectivity index (χ0) is 13.8. The summed E-state index contributed by atoms with van der Waals surface area (Å²) in [4.78, 5) is 11.3. The Bertz CT molecular complexity index is 453. The van der Waals surface area contributed by atoms with Crippen LogP contribution in [0, 0.1) is 11.8 Å². The molecule has 0 spiro atoms. The Morgan fingerprint density at radius 2 is 2.05 bits per heavy atom. The van der Waals surface area contributed by atoms with E-state index < -0.39 is 5.97 Å². The Labute approximate surface area is 122 Å². The Balaban J connectivity index is 2.00. The minimum atomic E-state index is -0.896. The van der Waals surface area contributed by atoms with Crippen molar-refractivity contribution in [3.63, 3.8) is 0 Å². The van der Waals surface area contributed by atoms with E-state index in [1.54, 1.807) is 6.07 Å². The molecule has 0 aliphatic heterocycles. The van der Waals surface area contributed by atoms with E-state index in [4.69, 9.17) is 0 Å². The summed E-state index contributed by atoms with van der Waals surface area (Å²) in [6.45, 7) is 3.17. The highest BCUT2D eigenvalue weighted by Crippen LogP contribution is 2.30. The summed E-state index contributed by atoms with van der Waals surface area (Å²) in [5, 5.41) is 12.6. The van der Waals surface area contributed by atoms with Crippen molar-refractivity contribution in [2.45, 2.75) is 32.6 Å². The molecule has 0 heterocycles. The van der Waals surface area contributed by atoms with E-state index in [0.29, 0.717) is 21.6 Å². The number of nitrogens with one attached hydrogen (secondary N) is 1. The minimum Gasteiger partial charge on any atom is -0.478 e. The second-order valence-corrected chi connectivity index (χ2v) is 6.33. The van der Waals surface area contributed by atoms with Crippen LogP contribution in [0.5, 0.6) is 0 Å². The summed E-state index contributed by atoms with van der Waals surface area (Å²) in [5.41, 5.74) is 1.03. The quantitative estimate of drug-likeness (QED) is 0.863. The number of benzene rings is 1. The van der Waals surface area contributed by atoms with Gasteiger partial charge in [0.05, 0.1) is 5.56 Å². The van der Waals surface area contributed by atoms with Crippen LogP contribution in [0.2, 0.25) is 0 Å². The van der Waals surface area contributed by atoms with Gasteiger partial charge in [0.2, 0.25) is 0 Å². The highest BCUT2D eigenvalue weighted by atomic mass is 79.9. The van der Waals surface area contributed by atoms with Crippen LogP contribution in [0.15, 0.2) is 22.7 Å². The first-order chi connectivity index (χ1) is 9.08.